The first-order chi connectivity index (χ1) is 8.00. The maximum Gasteiger partial charge on any atom is 0.170 e. The van der Waals surface area contributed by atoms with Gasteiger partial charge in [-0.25, -0.2) is 0 Å². The van der Waals surface area contributed by atoms with Crippen molar-refractivity contribution in [3.63, 3.8) is 0 Å². The Morgan fingerprint density at radius 3 is 2.41 bits per heavy atom. The average molecular weight is 232 g/mol. The van der Waals surface area contributed by atoms with Crippen LogP contribution in [0.1, 0.15) is 18.9 Å². The van der Waals surface area contributed by atoms with Crippen LogP contribution >= 0.6 is 0 Å². The van der Waals surface area contributed by atoms with Crippen molar-refractivity contribution in [1.82, 2.24) is 0 Å². The van der Waals surface area contributed by atoms with Crippen molar-refractivity contribution in [1.29, 1.82) is 0 Å². The zero-order chi connectivity index (χ0) is 12.8. The monoisotopic (exact) mass is 232 g/mol. The van der Waals surface area contributed by atoms with Gasteiger partial charge in [-0.05, 0) is 6.92 Å². The number of aliphatic hydroxyl groups excluding tert-OH is 1. The van der Waals surface area contributed by atoms with Gasteiger partial charge in [0.05, 0.1) is 5.76 Å². The summed E-state index contributed by atoms with van der Waals surface area (Å²) in [4.78, 5) is 11.3. The predicted octanol–water partition coefficient (Wildman–Crippen LogP) is 3.09. The summed E-state index contributed by atoms with van der Waals surface area (Å²) in [5, 5.41) is 9.10. The van der Waals surface area contributed by atoms with Crippen molar-refractivity contribution in [3.8, 4) is 0 Å². The van der Waals surface area contributed by atoms with Crippen LogP contribution in [-0.2, 0) is 9.53 Å². The minimum Gasteiger partial charge on any atom is -0.513 e. The lowest BCUT2D eigenvalue weighted by atomic mass is 10.1. The summed E-state index contributed by atoms with van der Waals surface area (Å²) in [7, 11) is 0. The van der Waals surface area contributed by atoms with Gasteiger partial charge in [0.1, 0.15) is 5.76 Å². The van der Waals surface area contributed by atoms with Crippen LogP contribution < -0.4 is 0 Å². The van der Waals surface area contributed by atoms with Gasteiger partial charge in [0.15, 0.2) is 11.9 Å². The largest absolute Gasteiger partial charge is 0.513 e. The molecule has 0 bridgehead atoms. The van der Waals surface area contributed by atoms with Crippen LogP contribution in [0, 0.1) is 0 Å². The summed E-state index contributed by atoms with van der Waals surface area (Å²) in [6, 6.07) is 9.28. The number of ether oxygens (including phenoxy) is 1. The topological polar surface area (TPSA) is 46.5 Å². The quantitative estimate of drug-likeness (QED) is 0.766. The minimum absolute atomic E-state index is 0.0777. The number of ketones is 1. The van der Waals surface area contributed by atoms with E-state index in [0.29, 0.717) is 5.76 Å². The summed E-state index contributed by atoms with van der Waals surface area (Å²) in [6.45, 7) is 8.53. The van der Waals surface area contributed by atoms with Crippen molar-refractivity contribution in [2.24, 2.45) is 0 Å². The highest BCUT2D eigenvalue weighted by molar-refractivity contribution is 5.81. The maximum absolute atomic E-state index is 11.3. The molecule has 90 valence electrons. The second-order valence-corrected chi connectivity index (χ2v) is 3.78. The van der Waals surface area contributed by atoms with Crippen molar-refractivity contribution in [3.05, 3.63) is 54.8 Å². The van der Waals surface area contributed by atoms with E-state index < -0.39 is 6.10 Å². The molecule has 0 heterocycles. The molecule has 3 nitrogen and oxygen atoms in total. The highest BCUT2D eigenvalue weighted by atomic mass is 16.5. The normalized spacial score (nSPS) is 11.6. The van der Waals surface area contributed by atoms with Gasteiger partial charge in [-0.3, -0.25) is 4.79 Å². The SMILES string of the molecule is C=C(O)CC(OC(=C)c1ccccc1)C(C)=O. The zero-order valence-electron chi connectivity index (χ0n) is 9.85. The predicted molar refractivity (Wildman–Crippen MR) is 67.4 cm³/mol. The van der Waals surface area contributed by atoms with Gasteiger partial charge in [0.25, 0.3) is 0 Å². The minimum atomic E-state index is -0.736. The van der Waals surface area contributed by atoms with Crippen LogP contribution in [0.5, 0.6) is 0 Å². The lowest BCUT2D eigenvalue weighted by molar-refractivity contribution is -0.124. The molecule has 3 heteroatoms. The van der Waals surface area contributed by atoms with E-state index in [-0.39, 0.29) is 18.0 Å². The standard InChI is InChI=1S/C14H16O3/c1-10(15)9-14(11(2)16)17-12(3)13-7-5-4-6-8-13/h4-8,14-15H,1,3,9H2,2H3. The molecule has 0 radical (unpaired) electrons. The molecule has 0 aromatic heterocycles. The highest BCUT2D eigenvalue weighted by Crippen LogP contribution is 2.18. The molecular weight excluding hydrogens is 216 g/mol. The smallest absolute Gasteiger partial charge is 0.170 e. The number of carbonyl (C=O) groups is 1. The van der Waals surface area contributed by atoms with Crippen molar-refractivity contribution < 1.29 is 14.6 Å². The molecule has 0 aliphatic heterocycles. The van der Waals surface area contributed by atoms with Gasteiger partial charge in [-0.15, -0.1) is 0 Å². The van der Waals surface area contributed by atoms with Crippen LogP contribution in [0.3, 0.4) is 0 Å². The number of aliphatic hydroxyl groups is 1. The number of carbonyl (C=O) groups excluding carboxylic acids is 1. The molecule has 17 heavy (non-hydrogen) atoms. The Bertz CT molecular complexity index is 420. The fraction of sp³-hybridized carbons (Fsp3) is 0.214. The molecule has 0 aliphatic carbocycles. The van der Waals surface area contributed by atoms with E-state index in [1.54, 1.807) is 0 Å². The van der Waals surface area contributed by atoms with Crippen molar-refractivity contribution in [2.75, 3.05) is 0 Å². The Kier molecular flexibility index (Phi) is 4.52. The molecule has 0 spiro atoms. The third kappa shape index (κ3) is 4.15. The molecule has 0 saturated heterocycles. The van der Waals surface area contributed by atoms with Gasteiger partial charge in [0.2, 0.25) is 0 Å². The number of rotatable bonds is 6. The van der Waals surface area contributed by atoms with E-state index in [1.807, 2.05) is 30.3 Å². The van der Waals surface area contributed by atoms with Crippen molar-refractivity contribution >= 4 is 11.5 Å². The Hall–Kier alpha value is -2.03. The Balaban J connectivity index is 2.71. The van der Waals surface area contributed by atoms with Crippen LogP contribution in [-0.4, -0.2) is 17.0 Å². The molecule has 1 rings (SSSR count). The van der Waals surface area contributed by atoms with Gasteiger partial charge in [0, 0.05) is 12.0 Å². The van der Waals surface area contributed by atoms with E-state index in [1.165, 1.54) is 6.92 Å². The lowest BCUT2D eigenvalue weighted by Gasteiger charge is -2.17. The molecule has 1 aromatic rings. The fourth-order valence-electron chi connectivity index (χ4n) is 1.35. The molecule has 0 saturated carbocycles. The first-order valence-electron chi connectivity index (χ1n) is 5.29. The molecular formula is C14H16O3. The molecule has 0 aliphatic rings. The van der Waals surface area contributed by atoms with Gasteiger partial charge in [-0.1, -0.05) is 43.5 Å². The fourth-order valence-corrected chi connectivity index (χ4v) is 1.35. The van der Waals surface area contributed by atoms with Crippen LogP contribution in [0.4, 0.5) is 0 Å². The molecule has 0 amide bonds. The molecule has 1 unspecified atom stereocenters. The zero-order valence-corrected chi connectivity index (χ0v) is 9.85. The lowest BCUT2D eigenvalue weighted by Crippen LogP contribution is -2.21. The third-order valence-electron chi connectivity index (χ3n) is 2.25. The molecule has 1 atom stereocenters. The van der Waals surface area contributed by atoms with E-state index in [0.717, 1.165) is 5.56 Å². The summed E-state index contributed by atoms with van der Waals surface area (Å²) in [5.41, 5.74) is 0.808. The average Bonchev–Trinajstić information content (AvgIpc) is 2.28. The van der Waals surface area contributed by atoms with E-state index in [4.69, 9.17) is 9.84 Å². The third-order valence-corrected chi connectivity index (χ3v) is 2.25. The second kappa shape index (κ2) is 5.89. The summed E-state index contributed by atoms with van der Waals surface area (Å²) < 4.78 is 5.44. The van der Waals surface area contributed by atoms with E-state index >= 15 is 0 Å². The van der Waals surface area contributed by atoms with Crippen molar-refractivity contribution in [2.45, 2.75) is 19.4 Å². The van der Waals surface area contributed by atoms with E-state index in [2.05, 4.69) is 13.2 Å². The van der Waals surface area contributed by atoms with Crippen LogP contribution in [0.25, 0.3) is 5.76 Å². The van der Waals surface area contributed by atoms with Gasteiger partial charge < -0.3 is 9.84 Å². The number of hydrogen-bond donors (Lipinski definition) is 1. The number of hydrogen-bond acceptors (Lipinski definition) is 3. The Morgan fingerprint density at radius 2 is 1.94 bits per heavy atom. The van der Waals surface area contributed by atoms with E-state index in [9.17, 15) is 4.79 Å². The molecule has 1 N–H and O–H groups in total. The maximum atomic E-state index is 11.3. The Morgan fingerprint density at radius 1 is 1.35 bits per heavy atom. The summed E-state index contributed by atoms with van der Waals surface area (Å²) >= 11 is 0. The summed E-state index contributed by atoms with van der Waals surface area (Å²) in [5.74, 6) is 0.162. The van der Waals surface area contributed by atoms with Crippen LogP contribution in [0.15, 0.2) is 49.2 Å². The molecule has 0 fully saturated rings. The first kappa shape index (κ1) is 13.0. The van der Waals surface area contributed by atoms with Gasteiger partial charge >= 0.3 is 0 Å². The summed E-state index contributed by atoms with van der Waals surface area (Å²) in [6.07, 6.45) is -0.651. The first-order valence-corrected chi connectivity index (χ1v) is 5.29. The second-order valence-electron chi connectivity index (χ2n) is 3.78. The van der Waals surface area contributed by atoms with Gasteiger partial charge in [-0.2, -0.15) is 0 Å². The van der Waals surface area contributed by atoms with Crippen LogP contribution in [0.2, 0.25) is 0 Å². The Labute approximate surface area is 101 Å². The number of Topliss-reactive ketones (excluding diaryl/α,β-unsaturated/α-hetero) is 1. The molecule has 1 aromatic carbocycles. The highest BCUT2D eigenvalue weighted by Gasteiger charge is 2.18. The number of benzene rings is 1.